The number of hydrogen-bond donors (Lipinski definition) is 3. The van der Waals surface area contributed by atoms with Crippen molar-refractivity contribution in [3.63, 3.8) is 0 Å². The lowest BCUT2D eigenvalue weighted by Gasteiger charge is -2.21. The van der Waals surface area contributed by atoms with Gasteiger partial charge in [-0.25, -0.2) is 19.9 Å². The molecule has 31 heavy (non-hydrogen) atoms. The number of pyridine rings is 1. The Morgan fingerprint density at radius 2 is 1.87 bits per heavy atom. The van der Waals surface area contributed by atoms with E-state index in [-0.39, 0.29) is 16.4 Å². The van der Waals surface area contributed by atoms with Crippen molar-refractivity contribution in [2.75, 3.05) is 16.8 Å². The van der Waals surface area contributed by atoms with Gasteiger partial charge < -0.3 is 16.8 Å². The summed E-state index contributed by atoms with van der Waals surface area (Å²) in [6.45, 7) is 3.53. The topological polar surface area (TPSA) is 138 Å². The number of benzene rings is 1. The summed E-state index contributed by atoms with van der Waals surface area (Å²) in [6, 6.07) is 7.89. The van der Waals surface area contributed by atoms with E-state index in [2.05, 4.69) is 20.3 Å². The predicted molar refractivity (Wildman–Crippen MR) is 123 cm³/mol. The zero-order valence-corrected chi connectivity index (χ0v) is 18.1. The van der Waals surface area contributed by atoms with Crippen molar-refractivity contribution in [2.24, 2.45) is 0 Å². The summed E-state index contributed by atoms with van der Waals surface area (Å²) in [6.07, 6.45) is 1.50. The molecule has 0 aliphatic heterocycles. The normalized spacial score (nSPS) is 12.1. The molecule has 0 saturated carbocycles. The van der Waals surface area contributed by atoms with Gasteiger partial charge in [0.05, 0.1) is 33.9 Å². The average Bonchev–Trinajstić information content (AvgIpc) is 2.72. The Kier molecular flexibility index (Phi) is 5.38. The number of rotatable bonds is 4. The van der Waals surface area contributed by atoms with E-state index in [0.29, 0.717) is 44.9 Å². The maximum Gasteiger partial charge on any atom is 0.267 e. The van der Waals surface area contributed by atoms with Crippen molar-refractivity contribution < 1.29 is 0 Å². The first-order chi connectivity index (χ1) is 14.8. The summed E-state index contributed by atoms with van der Waals surface area (Å²) in [5, 5.41) is 3.97. The molecule has 158 valence electrons. The van der Waals surface area contributed by atoms with E-state index >= 15 is 0 Å². The quantitative estimate of drug-likeness (QED) is 0.423. The van der Waals surface area contributed by atoms with E-state index in [1.54, 1.807) is 37.3 Å². The maximum absolute atomic E-state index is 13.5. The standard InChI is InChI=1S/C20H18Cl2N8O/c1-9(26-18-16(22)17(24)27-10(2)28-18)19-29-13-5-3-4-12(21)15(13)20(31)30(19)11-6-7-14(23)25-8-11/h3-9H,1-2H3,(H2,23,25)(H3,24,26,27,28)/t9-/m0/s1. The molecule has 0 aliphatic rings. The predicted octanol–water partition coefficient (Wildman–Crippen LogP) is 3.52. The fourth-order valence-corrected chi connectivity index (χ4v) is 3.61. The first kappa shape index (κ1) is 20.8. The fourth-order valence-electron chi connectivity index (χ4n) is 3.22. The molecule has 3 heterocycles. The molecule has 9 nitrogen and oxygen atoms in total. The molecule has 0 radical (unpaired) electrons. The van der Waals surface area contributed by atoms with Crippen LogP contribution in [0.4, 0.5) is 17.5 Å². The van der Waals surface area contributed by atoms with Gasteiger partial charge in [0.15, 0.2) is 5.82 Å². The Hall–Kier alpha value is -3.43. The van der Waals surface area contributed by atoms with Crippen LogP contribution in [0.2, 0.25) is 10.0 Å². The zero-order valence-electron chi connectivity index (χ0n) is 16.6. The van der Waals surface area contributed by atoms with E-state index in [0.717, 1.165) is 0 Å². The highest BCUT2D eigenvalue weighted by molar-refractivity contribution is 6.35. The van der Waals surface area contributed by atoms with Gasteiger partial charge in [0, 0.05) is 0 Å². The molecule has 0 bridgehead atoms. The van der Waals surface area contributed by atoms with Crippen molar-refractivity contribution in [3.05, 3.63) is 68.6 Å². The van der Waals surface area contributed by atoms with E-state index in [1.165, 1.54) is 10.8 Å². The SMILES string of the molecule is Cc1nc(N)c(Cl)c(N[C@@H](C)c2nc3cccc(Cl)c3c(=O)n2-c2ccc(N)nc2)n1. The average molecular weight is 457 g/mol. The largest absolute Gasteiger partial charge is 0.384 e. The second-order valence-electron chi connectivity index (χ2n) is 6.87. The third-order valence-corrected chi connectivity index (χ3v) is 5.32. The summed E-state index contributed by atoms with van der Waals surface area (Å²) >= 11 is 12.6. The van der Waals surface area contributed by atoms with Gasteiger partial charge in [0.25, 0.3) is 5.56 Å². The van der Waals surface area contributed by atoms with Crippen LogP contribution in [0.15, 0.2) is 41.3 Å². The van der Waals surface area contributed by atoms with E-state index in [9.17, 15) is 4.79 Å². The minimum Gasteiger partial charge on any atom is -0.384 e. The van der Waals surface area contributed by atoms with Crippen LogP contribution in [0.3, 0.4) is 0 Å². The fraction of sp³-hybridized carbons (Fsp3) is 0.150. The molecule has 0 saturated heterocycles. The number of aryl methyl sites for hydroxylation is 1. The Balaban J connectivity index is 1.93. The van der Waals surface area contributed by atoms with Crippen LogP contribution < -0.4 is 22.3 Å². The molecule has 0 fully saturated rings. The van der Waals surface area contributed by atoms with Crippen molar-refractivity contribution in [2.45, 2.75) is 19.9 Å². The Morgan fingerprint density at radius 3 is 2.58 bits per heavy atom. The number of hydrogen-bond acceptors (Lipinski definition) is 8. The lowest BCUT2D eigenvalue weighted by molar-refractivity contribution is 0.729. The van der Waals surface area contributed by atoms with E-state index in [1.807, 2.05) is 6.92 Å². The van der Waals surface area contributed by atoms with Crippen molar-refractivity contribution in [1.29, 1.82) is 0 Å². The third kappa shape index (κ3) is 3.85. The summed E-state index contributed by atoms with van der Waals surface area (Å²) in [7, 11) is 0. The van der Waals surface area contributed by atoms with Crippen molar-refractivity contribution in [3.8, 4) is 5.69 Å². The van der Waals surface area contributed by atoms with Crippen LogP contribution >= 0.6 is 23.2 Å². The van der Waals surface area contributed by atoms with Gasteiger partial charge in [-0.05, 0) is 38.1 Å². The van der Waals surface area contributed by atoms with Gasteiger partial charge in [-0.3, -0.25) is 9.36 Å². The number of nitrogens with zero attached hydrogens (tertiary/aromatic N) is 5. The second-order valence-corrected chi connectivity index (χ2v) is 7.66. The van der Waals surface area contributed by atoms with Gasteiger partial charge in [-0.1, -0.05) is 29.3 Å². The van der Waals surface area contributed by atoms with Crippen molar-refractivity contribution in [1.82, 2.24) is 24.5 Å². The first-order valence-electron chi connectivity index (χ1n) is 9.25. The van der Waals surface area contributed by atoms with Gasteiger partial charge in [-0.15, -0.1) is 0 Å². The number of aromatic nitrogens is 5. The molecule has 4 rings (SSSR count). The minimum atomic E-state index is -0.500. The highest BCUT2D eigenvalue weighted by Crippen LogP contribution is 2.29. The molecule has 11 heteroatoms. The number of nitrogens with one attached hydrogen (secondary N) is 1. The highest BCUT2D eigenvalue weighted by atomic mass is 35.5. The van der Waals surface area contributed by atoms with Gasteiger partial charge in [-0.2, -0.15) is 0 Å². The van der Waals surface area contributed by atoms with Gasteiger partial charge in [0.1, 0.15) is 28.3 Å². The number of anilines is 3. The smallest absolute Gasteiger partial charge is 0.267 e. The van der Waals surface area contributed by atoms with Crippen LogP contribution in [-0.2, 0) is 0 Å². The highest BCUT2D eigenvalue weighted by Gasteiger charge is 2.21. The third-order valence-electron chi connectivity index (χ3n) is 4.63. The number of halogens is 2. The first-order valence-corrected chi connectivity index (χ1v) is 10.0. The minimum absolute atomic E-state index is 0.155. The number of fused-ring (bicyclic) bond motifs is 1. The Labute approximate surface area is 187 Å². The molecule has 0 spiro atoms. The monoisotopic (exact) mass is 456 g/mol. The lowest BCUT2D eigenvalue weighted by Crippen LogP contribution is -2.28. The van der Waals surface area contributed by atoms with Crippen LogP contribution in [-0.4, -0.2) is 24.5 Å². The van der Waals surface area contributed by atoms with Gasteiger partial charge >= 0.3 is 0 Å². The molecular weight excluding hydrogens is 439 g/mol. The Bertz CT molecular complexity index is 1350. The van der Waals surface area contributed by atoms with E-state index < -0.39 is 6.04 Å². The number of nitrogen functional groups attached to an aromatic ring is 2. The van der Waals surface area contributed by atoms with Crippen molar-refractivity contribution >= 4 is 51.6 Å². The second kappa shape index (κ2) is 8.01. The summed E-state index contributed by atoms with van der Waals surface area (Å²) in [4.78, 5) is 30.6. The molecule has 0 unspecified atom stereocenters. The van der Waals surface area contributed by atoms with E-state index in [4.69, 9.17) is 39.7 Å². The van der Waals surface area contributed by atoms with Gasteiger partial charge in [0.2, 0.25) is 0 Å². The molecule has 1 atom stereocenters. The molecule has 1 aromatic carbocycles. The molecular formula is C20H18Cl2N8O. The summed E-state index contributed by atoms with van der Waals surface area (Å²) in [5.74, 6) is 1.67. The van der Waals surface area contributed by atoms with Crippen LogP contribution in [0.5, 0.6) is 0 Å². The van der Waals surface area contributed by atoms with Crippen LogP contribution in [0.1, 0.15) is 24.6 Å². The Morgan fingerprint density at radius 1 is 1.10 bits per heavy atom. The lowest BCUT2D eigenvalue weighted by atomic mass is 10.2. The van der Waals surface area contributed by atoms with Crippen LogP contribution in [0, 0.1) is 6.92 Å². The van der Waals surface area contributed by atoms with Crippen LogP contribution in [0.25, 0.3) is 16.6 Å². The molecule has 0 aliphatic carbocycles. The summed E-state index contributed by atoms with van der Waals surface area (Å²) in [5.41, 5.74) is 12.2. The molecule has 0 amide bonds. The summed E-state index contributed by atoms with van der Waals surface area (Å²) < 4.78 is 1.43. The zero-order chi connectivity index (χ0) is 22.3. The molecule has 4 aromatic rings. The molecule has 5 N–H and O–H groups in total. The molecule has 3 aromatic heterocycles. The number of nitrogens with two attached hydrogens (primary N) is 2. The maximum atomic E-state index is 13.5.